The Kier molecular flexibility index (Phi) is 6.96. The highest BCUT2D eigenvalue weighted by Gasteiger charge is 2.11. The second-order valence-electron chi connectivity index (χ2n) is 5.55. The molecule has 2 N–H and O–H groups in total. The Balaban J connectivity index is 2.46. The Labute approximate surface area is 152 Å². The van der Waals surface area contributed by atoms with Crippen molar-refractivity contribution in [3.8, 4) is 11.5 Å². The number of alkyl halides is 1. The summed E-state index contributed by atoms with van der Waals surface area (Å²) in [5.41, 5.74) is 4.97. The molecule has 0 spiro atoms. The Morgan fingerprint density at radius 3 is 1.70 bits per heavy atom. The van der Waals surface area contributed by atoms with Gasteiger partial charge in [-0.3, -0.25) is 0 Å². The number of phenolic OH excluding ortho intramolecular Hbond substituents is 2. The molecule has 0 unspecified atom stereocenters. The standard InChI is InChI=1S/C20H23IO2/c1-2-19(15-6-10-17(22)11-7-15)20(5-3-4-14-21)16-8-12-18(23)13-9-16/h6-13,22-23H,2-5,14H2,1H3/b20-19+. The van der Waals surface area contributed by atoms with Crippen LogP contribution in [0.5, 0.6) is 11.5 Å². The molecule has 0 amide bonds. The van der Waals surface area contributed by atoms with E-state index in [1.165, 1.54) is 27.6 Å². The maximum Gasteiger partial charge on any atom is 0.115 e. The topological polar surface area (TPSA) is 40.5 Å². The van der Waals surface area contributed by atoms with Gasteiger partial charge < -0.3 is 10.2 Å². The summed E-state index contributed by atoms with van der Waals surface area (Å²) in [6, 6.07) is 14.9. The van der Waals surface area contributed by atoms with Gasteiger partial charge in [-0.25, -0.2) is 0 Å². The first-order valence-electron chi connectivity index (χ1n) is 8.02. The van der Waals surface area contributed by atoms with E-state index in [9.17, 15) is 10.2 Å². The van der Waals surface area contributed by atoms with Gasteiger partial charge in [0.25, 0.3) is 0 Å². The number of benzene rings is 2. The molecule has 122 valence electrons. The molecule has 2 aromatic rings. The summed E-state index contributed by atoms with van der Waals surface area (Å²) >= 11 is 2.42. The van der Waals surface area contributed by atoms with Crippen LogP contribution in [0.3, 0.4) is 0 Å². The van der Waals surface area contributed by atoms with Gasteiger partial charge in [-0.1, -0.05) is 53.8 Å². The first kappa shape index (κ1) is 17.9. The summed E-state index contributed by atoms with van der Waals surface area (Å²) in [6.45, 7) is 2.17. The zero-order valence-electron chi connectivity index (χ0n) is 13.4. The molecular formula is C20H23IO2. The molecule has 3 heteroatoms. The lowest BCUT2D eigenvalue weighted by molar-refractivity contribution is 0.474. The fraction of sp³-hybridized carbons (Fsp3) is 0.300. The number of aromatic hydroxyl groups is 2. The summed E-state index contributed by atoms with van der Waals surface area (Å²) in [6.07, 6.45) is 4.32. The minimum atomic E-state index is 0.292. The smallest absolute Gasteiger partial charge is 0.115 e. The van der Waals surface area contributed by atoms with Gasteiger partial charge in [0, 0.05) is 0 Å². The highest BCUT2D eigenvalue weighted by molar-refractivity contribution is 14.1. The predicted molar refractivity (Wildman–Crippen MR) is 106 cm³/mol. The van der Waals surface area contributed by atoms with Gasteiger partial charge in [0.1, 0.15) is 11.5 Å². The molecule has 2 aromatic carbocycles. The molecule has 0 bridgehead atoms. The van der Waals surface area contributed by atoms with E-state index in [1.54, 1.807) is 24.3 Å². The Bertz CT molecular complexity index is 642. The van der Waals surface area contributed by atoms with Crippen molar-refractivity contribution in [2.45, 2.75) is 32.6 Å². The van der Waals surface area contributed by atoms with Gasteiger partial charge in [0.05, 0.1) is 0 Å². The molecule has 0 heterocycles. The highest BCUT2D eigenvalue weighted by Crippen LogP contribution is 2.34. The maximum atomic E-state index is 9.55. The molecule has 0 radical (unpaired) electrons. The average molecular weight is 422 g/mol. The lowest BCUT2D eigenvalue weighted by atomic mass is 9.89. The Hall–Kier alpha value is -1.49. The second-order valence-corrected chi connectivity index (χ2v) is 6.63. The van der Waals surface area contributed by atoms with Crippen molar-refractivity contribution in [2.75, 3.05) is 4.43 Å². The van der Waals surface area contributed by atoms with Crippen molar-refractivity contribution in [2.24, 2.45) is 0 Å². The van der Waals surface area contributed by atoms with Crippen LogP contribution in [0, 0.1) is 0 Å². The van der Waals surface area contributed by atoms with Crippen molar-refractivity contribution < 1.29 is 10.2 Å². The van der Waals surface area contributed by atoms with Crippen LogP contribution >= 0.6 is 22.6 Å². The third-order valence-corrected chi connectivity index (χ3v) is 4.72. The zero-order chi connectivity index (χ0) is 16.7. The fourth-order valence-corrected chi connectivity index (χ4v) is 3.32. The Morgan fingerprint density at radius 2 is 1.26 bits per heavy atom. The maximum absolute atomic E-state index is 9.55. The molecule has 0 saturated carbocycles. The molecule has 23 heavy (non-hydrogen) atoms. The van der Waals surface area contributed by atoms with Crippen LogP contribution in [0.25, 0.3) is 11.1 Å². The van der Waals surface area contributed by atoms with Gasteiger partial charge >= 0.3 is 0 Å². The van der Waals surface area contributed by atoms with Gasteiger partial charge in [-0.15, -0.1) is 0 Å². The summed E-state index contributed by atoms with van der Waals surface area (Å²) in [5, 5.41) is 19.1. The van der Waals surface area contributed by atoms with Gasteiger partial charge in [-0.2, -0.15) is 0 Å². The van der Waals surface area contributed by atoms with E-state index in [2.05, 4.69) is 29.5 Å². The third-order valence-electron chi connectivity index (χ3n) is 3.96. The van der Waals surface area contributed by atoms with E-state index in [1.807, 2.05) is 24.3 Å². The quantitative estimate of drug-likeness (QED) is 0.248. The fourth-order valence-electron chi connectivity index (χ4n) is 2.78. The average Bonchev–Trinajstić information content (AvgIpc) is 2.57. The van der Waals surface area contributed by atoms with Crippen LogP contribution in [-0.4, -0.2) is 14.6 Å². The molecule has 0 fully saturated rings. The number of phenols is 2. The summed E-state index contributed by atoms with van der Waals surface area (Å²) in [4.78, 5) is 0. The zero-order valence-corrected chi connectivity index (χ0v) is 15.6. The third kappa shape index (κ3) is 4.99. The molecule has 0 aliphatic carbocycles. The van der Waals surface area contributed by atoms with Crippen LogP contribution in [0.1, 0.15) is 43.7 Å². The van der Waals surface area contributed by atoms with E-state index in [-0.39, 0.29) is 0 Å². The van der Waals surface area contributed by atoms with Crippen molar-refractivity contribution in [3.63, 3.8) is 0 Å². The number of unbranched alkanes of at least 4 members (excludes halogenated alkanes) is 1. The van der Waals surface area contributed by atoms with Crippen LogP contribution in [0.4, 0.5) is 0 Å². The minimum Gasteiger partial charge on any atom is -0.508 e. The van der Waals surface area contributed by atoms with Crippen LogP contribution in [-0.2, 0) is 0 Å². The van der Waals surface area contributed by atoms with Crippen molar-refractivity contribution >= 4 is 33.7 Å². The molecule has 2 rings (SSSR count). The SMILES string of the molecule is CC/C(=C(/CCCCI)c1ccc(O)cc1)c1ccc(O)cc1. The molecule has 0 atom stereocenters. The normalized spacial score (nSPS) is 12.1. The van der Waals surface area contributed by atoms with Crippen LogP contribution in [0.15, 0.2) is 48.5 Å². The molecule has 2 nitrogen and oxygen atoms in total. The Morgan fingerprint density at radius 1 is 0.783 bits per heavy atom. The summed E-state index contributed by atoms with van der Waals surface area (Å²) < 4.78 is 1.17. The second kappa shape index (κ2) is 8.96. The molecule has 0 aromatic heterocycles. The minimum absolute atomic E-state index is 0.292. The van der Waals surface area contributed by atoms with E-state index in [0.29, 0.717) is 11.5 Å². The number of hydrogen-bond acceptors (Lipinski definition) is 2. The lowest BCUT2D eigenvalue weighted by Crippen LogP contribution is -1.93. The van der Waals surface area contributed by atoms with Crippen molar-refractivity contribution in [1.82, 2.24) is 0 Å². The van der Waals surface area contributed by atoms with Crippen LogP contribution < -0.4 is 0 Å². The highest BCUT2D eigenvalue weighted by atomic mass is 127. The van der Waals surface area contributed by atoms with E-state index >= 15 is 0 Å². The van der Waals surface area contributed by atoms with E-state index in [0.717, 1.165) is 24.8 Å². The largest absolute Gasteiger partial charge is 0.508 e. The number of rotatable bonds is 7. The summed E-state index contributed by atoms with van der Waals surface area (Å²) in [5.74, 6) is 0.586. The van der Waals surface area contributed by atoms with Gasteiger partial charge in [0.2, 0.25) is 0 Å². The predicted octanol–water partition coefficient (Wildman–Crippen LogP) is 6.02. The molecule has 0 aliphatic rings. The first-order valence-corrected chi connectivity index (χ1v) is 9.55. The lowest BCUT2D eigenvalue weighted by Gasteiger charge is -2.16. The van der Waals surface area contributed by atoms with Crippen molar-refractivity contribution in [1.29, 1.82) is 0 Å². The first-order chi connectivity index (χ1) is 11.2. The van der Waals surface area contributed by atoms with Crippen LogP contribution in [0.2, 0.25) is 0 Å². The molecule has 0 aliphatic heterocycles. The number of hydrogen-bond donors (Lipinski definition) is 2. The van der Waals surface area contributed by atoms with Gasteiger partial charge in [-0.05, 0) is 76.6 Å². The number of allylic oxidation sites excluding steroid dienone is 2. The van der Waals surface area contributed by atoms with E-state index in [4.69, 9.17) is 0 Å². The van der Waals surface area contributed by atoms with E-state index < -0.39 is 0 Å². The van der Waals surface area contributed by atoms with Crippen molar-refractivity contribution in [3.05, 3.63) is 59.7 Å². The molecular weight excluding hydrogens is 399 g/mol. The number of halogens is 1. The van der Waals surface area contributed by atoms with Gasteiger partial charge in [0.15, 0.2) is 0 Å². The summed E-state index contributed by atoms with van der Waals surface area (Å²) in [7, 11) is 0. The monoisotopic (exact) mass is 422 g/mol. The molecule has 0 saturated heterocycles.